The summed E-state index contributed by atoms with van der Waals surface area (Å²) in [6.07, 6.45) is 2.24. The number of nitrogens with zero attached hydrogens (tertiary/aromatic N) is 4. The first-order chi connectivity index (χ1) is 12.2. The molecule has 1 aliphatic rings. The third kappa shape index (κ3) is 3.46. The lowest BCUT2D eigenvalue weighted by Gasteiger charge is -2.20. The van der Waals surface area contributed by atoms with Gasteiger partial charge in [-0.15, -0.1) is 21.5 Å². The maximum absolute atomic E-state index is 12.7. The van der Waals surface area contributed by atoms with Crippen molar-refractivity contribution >= 4 is 51.2 Å². The molecule has 0 aliphatic carbocycles. The van der Waals surface area contributed by atoms with Gasteiger partial charge in [0.05, 0.1) is 18.1 Å². The minimum atomic E-state index is -0.104. The Morgan fingerprint density at radius 1 is 1.40 bits per heavy atom. The zero-order valence-electron chi connectivity index (χ0n) is 12.9. The van der Waals surface area contributed by atoms with Gasteiger partial charge in [0.15, 0.2) is 4.34 Å². The van der Waals surface area contributed by atoms with Crippen molar-refractivity contribution in [2.24, 2.45) is 5.10 Å². The van der Waals surface area contributed by atoms with E-state index in [0.717, 1.165) is 10.6 Å². The van der Waals surface area contributed by atoms with Crippen LogP contribution in [0.25, 0.3) is 0 Å². The molecule has 0 fully saturated rings. The van der Waals surface area contributed by atoms with Crippen LogP contribution in [0.2, 0.25) is 0 Å². The van der Waals surface area contributed by atoms with E-state index in [-0.39, 0.29) is 17.7 Å². The van der Waals surface area contributed by atoms with Gasteiger partial charge >= 0.3 is 0 Å². The number of amides is 1. The number of carbonyl (C=O) groups is 1. The van der Waals surface area contributed by atoms with Crippen molar-refractivity contribution in [3.8, 4) is 0 Å². The molecule has 3 aromatic rings. The zero-order valence-corrected chi connectivity index (χ0v) is 15.3. The summed E-state index contributed by atoms with van der Waals surface area (Å²) in [5.74, 6) is 0.839. The second kappa shape index (κ2) is 6.98. The molecule has 1 atom stereocenters. The summed E-state index contributed by atoms with van der Waals surface area (Å²) in [6.45, 7) is 0. The molecule has 4 rings (SSSR count). The minimum Gasteiger partial charge on any atom is -0.463 e. The van der Waals surface area contributed by atoms with Crippen LogP contribution in [0.15, 0.2) is 49.8 Å². The van der Waals surface area contributed by atoms with Crippen LogP contribution < -0.4 is 5.73 Å². The summed E-state index contributed by atoms with van der Waals surface area (Å²) in [5.41, 5.74) is 6.35. The predicted octanol–water partition coefficient (Wildman–Crippen LogP) is 3.24. The maximum atomic E-state index is 12.7. The molecule has 0 spiro atoms. The molecule has 1 aliphatic heterocycles. The SMILES string of the molecule is Nc1nnc(SCC(=O)N2N=C(c3ccco3)CC2c2cccs2)s1. The molecule has 2 N–H and O–H groups in total. The van der Waals surface area contributed by atoms with Crippen molar-refractivity contribution in [2.45, 2.75) is 16.8 Å². The Labute approximate surface area is 155 Å². The number of nitrogen functional groups attached to an aromatic ring is 1. The topological polar surface area (TPSA) is 97.6 Å². The quantitative estimate of drug-likeness (QED) is 0.671. The Morgan fingerprint density at radius 3 is 3.00 bits per heavy atom. The minimum absolute atomic E-state index is 0.0845. The fourth-order valence-corrected chi connectivity index (χ4v) is 4.80. The zero-order chi connectivity index (χ0) is 17.2. The lowest BCUT2D eigenvalue weighted by Crippen LogP contribution is -2.28. The van der Waals surface area contributed by atoms with Gasteiger partial charge in [-0.2, -0.15) is 5.10 Å². The highest BCUT2D eigenvalue weighted by Crippen LogP contribution is 2.36. The number of rotatable bonds is 5. The van der Waals surface area contributed by atoms with Crippen LogP contribution in [0.1, 0.15) is 23.1 Å². The molecule has 3 aromatic heterocycles. The van der Waals surface area contributed by atoms with E-state index in [1.807, 2.05) is 29.6 Å². The molecule has 128 valence electrons. The van der Waals surface area contributed by atoms with E-state index < -0.39 is 0 Å². The number of nitrogens with two attached hydrogens (primary N) is 1. The highest BCUT2D eigenvalue weighted by atomic mass is 32.2. The molecule has 0 saturated heterocycles. The Kier molecular flexibility index (Phi) is 4.55. The van der Waals surface area contributed by atoms with Gasteiger partial charge < -0.3 is 10.2 Å². The summed E-state index contributed by atoms with van der Waals surface area (Å²) in [6, 6.07) is 7.57. The Hall–Kier alpha value is -2.17. The second-order valence-electron chi connectivity index (χ2n) is 5.19. The molecule has 1 amide bonds. The largest absolute Gasteiger partial charge is 0.463 e. The summed E-state index contributed by atoms with van der Waals surface area (Å²) < 4.78 is 6.12. The van der Waals surface area contributed by atoms with Crippen LogP contribution in [0, 0.1) is 0 Å². The number of carbonyl (C=O) groups excluding carboxylic acids is 1. The van der Waals surface area contributed by atoms with Gasteiger partial charge in [-0.3, -0.25) is 4.79 Å². The van der Waals surface area contributed by atoms with E-state index >= 15 is 0 Å². The van der Waals surface area contributed by atoms with Crippen molar-refractivity contribution in [2.75, 3.05) is 11.5 Å². The Balaban J connectivity index is 1.53. The highest BCUT2D eigenvalue weighted by molar-refractivity contribution is 8.01. The van der Waals surface area contributed by atoms with E-state index in [1.54, 1.807) is 22.6 Å². The van der Waals surface area contributed by atoms with Gasteiger partial charge in [0.25, 0.3) is 5.91 Å². The van der Waals surface area contributed by atoms with E-state index in [1.165, 1.54) is 23.1 Å². The number of hydrazone groups is 1. The third-order valence-electron chi connectivity index (χ3n) is 3.58. The van der Waals surface area contributed by atoms with Crippen molar-refractivity contribution in [3.05, 3.63) is 46.5 Å². The first-order valence-corrected chi connectivity index (χ1v) is 10.1. The molecule has 0 radical (unpaired) electrons. The number of furan rings is 1. The summed E-state index contributed by atoms with van der Waals surface area (Å²) in [4.78, 5) is 13.8. The van der Waals surface area contributed by atoms with Crippen molar-refractivity contribution in [3.63, 3.8) is 0 Å². The third-order valence-corrected chi connectivity index (χ3v) is 6.43. The lowest BCUT2D eigenvalue weighted by molar-refractivity contribution is -0.130. The molecule has 10 heteroatoms. The molecular weight excluding hydrogens is 378 g/mol. The predicted molar refractivity (Wildman–Crippen MR) is 98.8 cm³/mol. The first-order valence-electron chi connectivity index (χ1n) is 7.39. The summed E-state index contributed by atoms with van der Waals surface area (Å²) in [7, 11) is 0. The average molecular weight is 392 g/mol. The fraction of sp³-hybridized carbons (Fsp3) is 0.200. The molecule has 0 saturated carbocycles. The Morgan fingerprint density at radius 2 is 2.32 bits per heavy atom. The van der Waals surface area contributed by atoms with Crippen LogP contribution in [0.5, 0.6) is 0 Å². The monoisotopic (exact) mass is 391 g/mol. The second-order valence-corrected chi connectivity index (χ2v) is 8.40. The molecule has 4 heterocycles. The van der Waals surface area contributed by atoms with Crippen LogP contribution in [-0.4, -0.2) is 32.6 Å². The number of hydrogen-bond donors (Lipinski definition) is 1. The number of aromatic nitrogens is 2. The number of thiophene rings is 1. The van der Waals surface area contributed by atoms with Crippen LogP contribution in [0.4, 0.5) is 5.13 Å². The molecule has 7 nitrogen and oxygen atoms in total. The number of anilines is 1. The van der Waals surface area contributed by atoms with Crippen LogP contribution in [-0.2, 0) is 4.79 Å². The van der Waals surface area contributed by atoms with E-state index in [0.29, 0.717) is 21.7 Å². The summed E-state index contributed by atoms with van der Waals surface area (Å²) >= 11 is 4.20. The van der Waals surface area contributed by atoms with E-state index in [2.05, 4.69) is 15.3 Å². The fourth-order valence-electron chi connectivity index (χ4n) is 2.50. The van der Waals surface area contributed by atoms with Gasteiger partial charge in [0, 0.05) is 11.3 Å². The Bertz CT molecular complexity index is 888. The number of hydrogen-bond acceptors (Lipinski definition) is 9. The molecule has 0 bridgehead atoms. The van der Waals surface area contributed by atoms with Gasteiger partial charge in [-0.05, 0) is 23.6 Å². The van der Waals surface area contributed by atoms with E-state index in [4.69, 9.17) is 10.2 Å². The van der Waals surface area contributed by atoms with Crippen molar-refractivity contribution in [1.29, 1.82) is 0 Å². The van der Waals surface area contributed by atoms with Gasteiger partial charge in [-0.1, -0.05) is 29.2 Å². The smallest absolute Gasteiger partial charge is 0.253 e. The average Bonchev–Trinajstić information content (AvgIpc) is 3.38. The molecule has 25 heavy (non-hydrogen) atoms. The number of thioether (sulfide) groups is 1. The lowest BCUT2D eigenvalue weighted by atomic mass is 10.1. The first kappa shape index (κ1) is 16.3. The molecule has 1 unspecified atom stereocenters. The van der Waals surface area contributed by atoms with E-state index in [9.17, 15) is 4.79 Å². The van der Waals surface area contributed by atoms with Crippen LogP contribution in [0.3, 0.4) is 0 Å². The normalized spacial score (nSPS) is 17.0. The van der Waals surface area contributed by atoms with Crippen molar-refractivity contribution in [1.82, 2.24) is 15.2 Å². The van der Waals surface area contributed by atoms with Crippen LogP contribution >= 0.6 is 34.4 Å². The van der Waals surface area contributed by atoms with Crippen molar-refractivity contribution < 1.29 is 9.21 Å². The highest BCUT2D eigenvalue weighted by Gasteiger charge is 2.34. The van der Waals surface area contributed by atoms with Gasteiger partial charge in [0.1, 0.15) is 11.5 Å². The maximum Gasteiger partial charge on any atom is 0.253 e. The molecule has 0 aromatic carbocycles. The van der Waals surface area contributed by atoms with Gasteiger partial charge in [-0.25, -0.2) is 5.01 Å². The van der Waals surface area contributed by atoms with Gasteiger partial charge in [0.2, 0.25) is 5.13 Å². The molecular formula is C15H13N5O2S3. The standard InChI is InChI=1S/C15H13N5O2S3/c16-14-17-18-15(25-14)24-8-13(21)20-10(12-4-2-6-23-12)7-9(19-20)11-3-1-5-22-11/h1-6,10H,7-8H2,(H2,16,17). The summed E-state index contributed by atoms with van der Waals surface area (Å²) in [5, 5.41) is 16.2.